The van der Waals surface area contributed by atoms with Gasteiger partial charge in [0.2, 0.25) is 0 Å². The number of ether oxygens (including phenoxy) is 2. The molecule has 5 nitrogen and oxygen atoms in total. The Kier molecular flexibility index (Phi) is 3.22. The molecular weight excluding hydrogens is 217 g/mol. The van der Waals surface area contributed by atoms with Crippen molar-refractivity contribution in [2.45, 2.75) is 6.92 Å². The molecule has 0 saturated carbocycles. The Morgan fingerprint density at radius 1 is 1.31 bits per heavy atom. The molecule has 1 aromatic carbocycles. The Morgan fingerprint density at radius 3 is 2.19 bits per heavy atom. The zero-order valence-electron chi connectivity index (χ0n) is 9.13. The SMILES string of the molecule is COc1c(F)c(N)c(C)c(C(=O)O)c1OC. The summed E-state index contributed by atoms with van der Waals surface area (Å²) in [6.07, 6.45) is 0. The van der Waals surface area contributed by atoms with Crippen LogP contribution >= 0.6 is 0 Å². The van der Waals surface area contributed by atoms with Gasteiger partial charge < -0.3 is 20.3 Å². The van der Waals surface area contributed by atoms with Gasteiger partial charge >= 0.3 is 5.97 Å². The normalized spacial score (nSPS) is 10.0. The van der Waals surface area contributed by atoms with Crippen LogP contribution in [0.1, 0.15) is 15.9 Å². The van der Waals surface area contributed by atoms with Crippen molar-refractivity contribution >= 4 is 11.7 Å². The van der Waals surface area contributed by atoms with E-state index in [9.17, 15) is 9.18 Å². The molecule has 1 aromatic rings. The van der Waals surface area contributed by atoms with Crippen LogP contribution < -0.4 is 15.2 Å². The van der Waals surface area contributed by atoms with Crippen LogP contribution in [0.5, 0.6) is 11.5 Å². The Hall–Kier alpha value is -1.98. The molecule has 1 rings (SSSR count). The van der Waals surface area contributed by atoms with E-state index in [4.69, 9.17) is 20.3 Å². The summed E-state index contributed by atoms with van der Waals surface area (Å²) in [6, 6.07) is 0. The molecule has 0 aromatic heterocycles. The number of carbonyl (C=O) groups is 1. The van der Waals surface area contributed by atoms with E-state index in [0.29, 0.717) is 0 Å². The Bertz CT molecular complexity index is 445. The van der Waals surface area contributed by atoms with Gasteiger partial charge in [-0.1, -0.05) is 0 Å². The number of benzene rings is 1. The molecule has 16 heavy (non-hydrogen) atoms. The number of halogens is 1. The highest BCUT2D eigenvalue weighted by molar-refractivity contribution is 5.95. The van der Waals surface area contributed by atoms with Gasteiger partial charge in [-0.15, -0.1) is 0 Å². The molecule has 0 unspecified atom stereocenters. The van der Waals surface area contributed by atoms with Crippen molar-refractivity contribution in [3.05, 3.63) is 16.9 Å². The summed E-state index contributed by atoms with van der Waals surface area (Å²) in [6.45, 7) is 1.41. The number of hydrogen-bond acceptors (Lipinski definition) is 4. The molecule has 6 heteroatoms. The molecule has 0 aliphatic heterocycles. The molecule has 3 N–H and O–H groups in total. The summed E-state index contributed by atoms with van der Waals surface area (Å²) in [7, 11) is 2.45. The van der Waals surface area contributed by atoms with Gasteiger partial charge in [0.05, 0.1) is 19.9 Å². The second-order valence-electron chi connectivity index (χ2n) is 3.10. The van der Waals surface area contributed by atoms with Crippen LogP contribution in [-0.4, -0.2) is 25.3 Å². The van der Waals surface area contributed by atoms with Crippen LogP contribution in [0, 0.1) is 12.7 Å². The lowest BCUT2D eigenvalue weighted by Crippen LogP contribution is -2.10. The first-order chi connectivity index (χ1) is 7.45. The molecule has 0 saturated heterocycles. The van der Waals surface area contributed by atoms with Crippen molar-refractivity contribution in [3.63, 3.8) is 0 Å². The van der Waals surface area contributed by atoms with Crippen molar-refractivity contribution in [1.29, 1.82) is 0 Å². The predicted molar refractivity (Wildman–Crippen MR) is 55.6 cm³/mol. The average molecular weight is 229 g/mol. The first-order valence-electron chi connectivity index (χ1n) is 4.38. The highest BCUT2D eigenvalue weighted by Gasteiger charge is 2.26. The lowest BCUT2D eigenvalue weighted by molar-refractivity contribution is 0.0691. The minimum Gasteiger partial charge on any atom is -0.492 e. The second kappa shape index (κ2) is 4.26. The minimum atomic E-state index is -1.25. The van der Waals surface area contributed by atoms with Gasteiger partial charge in [-0.2, -0.15) is 0 Å². The van der Waals surface area contributed by atoms with Crippen molar-refractivity contribution in [1.82, 2.24) is 0 Å². The van der Waals surface area contributed by atoms with E-state index >= 15 is 0 Å². The largest absolute Gasteiger partial charge is 0.492 e. The Balaban J connectivity index is 3.72. The molecule has 0 spiro atoms. The fourth-order valence-electron chi connectivity index (χ4n) is 1.44. The van der Waals surface area contributed by atoms with Crippen molar-refractivity contribution < 1.29 is 23.8 Å². The number of aromatic carboxylic acids is 1. The molecule has 0 fully saturated rings. The molecule has 0 amide bonds. The molecule has 0 aliphatic carbocycles. The van der Waals surface area contributed by atoms with Crippen LogP contribution in [0.3, 0.4) is 0 Å². The quantitative estimate of drug-likeness (QED) is 0.766. The lowest BCUT2D eigenvalue weighted by Gasteiger charge is -2.15. The second-order valence-corrected chi connectivity index (χ2v) is 3.10. The zero-order chi connectivity index (χ0) is 12.5. The van der Waals surface area contributed by atoms with E-state index in [1.807, 2.05) is 0 Å². The summed E-state index contributed by atoms with van der Waals surface area (Å²) < 4.78 is 23.2. The number of nitrogen functional groups attached to an aromatic ring is 1. The summed E-state index contributed by atoms with van der Waals surface area (Å²) in [5.41, 5.74) is 5.11. The predicted octanol–water partition coefficient (Wildman–Crippen LogP) is 1.43. The standard InChI is InChI=1S/C10H12FNO4/c1-4-5(10(13)14)8(15-2)9(16-3)6(11)7(4)12/h12H2,1-3H3,(H,13,14). The van der Waals surface area contributed by atoms with Crippen LogP contribution in [-0.2, 0) is 0 Å². The van der Waals surface area contributed by atoms with E-state index in [2.05, 4.69) is 0 Å². The van der Waals surface area contributed by atoms with Gasteiger partial charge in [-0.3, -0.25) is 0 Å². The van der Waals surface area contributed by atoms with Crippen LogP contribution in [0.4, 0.5) is 10.1 Å². The maximum absolute atomic E-state index is 13.6. The highest BCUT2D eigenvalue weighted by Crippen LogP contribution is 2.40. The fraction of sp³-hybridized carbons (Fsp3) is 0.300. The number of carboxylic acid groups (broad SMARTS) is 1. The molecule has 88 valence electrons. The van der Waals surface area contributed by atoms with Crippen molar-refractivity contribution in [2.24, 2.45) is 0 Å². The Labute approximate surface area is 91.6 Å². The van der Waals surface area contributed by atoms with Crippen molar-refractivity contribution in [2.75, 3.05) is 20.0 Å². The number of methoxy groups -OCH3 is 2. The third kappa shape index (κ3) is 1.62. The van der Waals surface area contributed by atoms with Crippen molar-refractivity contribution in [3.8, 4) is 11.5 Å². The van der Waals surface area contributed by atoms with Crippen LogP contribution in [0.2, 0.25) is 0 Å². The number of carboxylic acids is 1. The van der Waals surface area contributed by atoms with Gasteiger partial charge in [0.25, 0.3) is 0 Å². The summed E-state index contributed by atoms with van der Waals surface area (Å²) >= 11 is 0. The smallest absolute Gasteiger partial charge is 0.339 e. The molecule has 0 heterocycles. The molecular formula is C10H12FNO4. The van der Waals surface area contributed by atoms with Gasteiger partial charge in [-0.05, 0) is 12.5 Å². The maximum Gasteiger partial charge on any atom is 0.339 e. The summed E-state index contributed by atoms with van der Waals surface area (Å²) in [5.74, 6) is -2.54. The average Bonchev–Trinajstić information content (AvgIpc) is 2.24. The molecule has 0 bridgehead atoms. The maximum atomic E-state index is 13.6. The van der Waals surface area contributed by atoms with Crippen LogP contribution in [0.15, 0.2) is 0 Å². The third-order valence-electron chi connectivity index (χ3n) is 2.27. The Morgan fingerprint density at radius 2 is 1.81 bits per heavy atom. The minimum absolute atomic E-state index is 0.114. The highest BCUT2D eigenvalue weighted by atomic mass is 19.1. The monoisotopic (exact) mass is 229 g/mol. The number of rotatable bonds is 3. The van der Waals surface area contributed by atoms with E-state index < -0.39 is 11.8 Å². The topological polar surface area (TPSA) is 81.8 Å². The van der Waals surface area contributed by atoms with Crippen LogP contribution in [0.25, 0.3) is 0 Å². The molecule has 0 atom stereocenters. The molecule has 0 radical (unpaired) electrons. The number of hydrogen-bond donors (Lipinski definition) is 2. The summed E-state index contributed by atoms with van der Waals surface area (Å²) in [5, 5.41) is 9.00. The number of anilines is 1. The molecule has 0 aliphatic rings. The van der Waals surface area contributed by atoms with Gasteiger partial charge in [0, 0.05) is 0 Å². The van der Waals surface area contributed by atoms with Gasteiger partial charge in [0.1, 0.15) is 5.56 Å². The van der Waals surface area contributed by atoms with Gasteiger partial charge in [-0.25, -0.2) is 9.18 Å². The van der Waals surface area contributed by atoms with E-state index in [-0.39, 0.29) is 28.3 Å². The lowest BCUT2D eigenvalue weighted by atomic mass is 10.0. The van der Waals surface area contributed by atoms with Gasteiger partial charge in [0.15, 0.2) is 17.3 Å². The first-order valence-corrected chi connectivity index (χ1v) is 4.38. The third-order valence-corrected chi connectivity index (χ3v) is 2.27. The summed E-state index contributed by atoms with van der Waals surface area (Å²) in [4.78, 5) is 11.0. The van der Waals surface area contributed by atoms with E-state index in [1.54, 1.807) is 0 Å². The van der Waals surface area contributed by atoms with E-state index in [1.165, 1.54) is 21.1 Å². The fourth-order valence-corrected chi connectivity index (χ4v) is 1.44. The van der Waals surface area contributed by atoms with E-state index in [0.717, 1.165) is 0 Å². The number of nitrogens with two attached hydrogens (primary N) is 1. The first kappa shape index (κ1) is 12.1. The zero-order valence-corrected chi connectivity index (χ0v) is 9.13.